The summed E-state index contributed by atoms with van der Waals surface area (Å²) < 4.78 is 39.8. The normalized spacial score (nSPS) is 14.7. The van der Waals surface area contributed by atoms with Crippen LogP contribution in [0.15, 0.2) is 24.4 Å². The maximum absolute atomic E-state index is 13.3. The molecule has 24 heavy (non-hydrogen) atoms. The van der Waals surface area contributed by atoms with Crippen molar-refractivity contribution in [1.29, 1.82) is 0 Å². The van der Waals surface area contributed by atoms with E-state index in [-0.39, 0.29) is 29.1 Å². The molecular formula is C15H13Cl2F3N4. The highest BCUT2D eigenvalue weighted by molar-refractivity contribution is 6.36. The van der Waals surface area contributed by atoms with Crippen molar-refractivity contribution >= 4 is 34.8 Å². The van der Waals surface area contributed by atoms with Gasteiger partial charge in [0.25, 0.3) is 0 Å². The van der Waals surface area contributed by atoms with Crippen molar-refractivity contribution < 1.29 is 13.2 Å². The van der Waals surface area contributed by atoms with E-state index < -0.39 is 11.9 Å². The Morgan fingerprint density at radius 2 is 1.96 bits per heavy atom. The molecule has 1 aromatic heterocycles. The first-order valence-corrected chi connectivity index (χ1v) is 7.97. The molecule has 4 nitrogen and oxygen atoms in total. The molecule has 0 radical (unpaired) electrons. The van der Waals surface area contributed by atoms with Gasteiger partial charge in [-0.1, -0.05) is 23.2 Å². The number of rotatable bonds is 5. The molecule has 0 atom stereocenters. The van der Waals surface area contributed by atoms with Gasteiger partial charge in [-0.3, -0.25) is 0 Å². The van der Waals surface area contributed by atoms with Gasteiger partial charge in [-0.05, 0) is 31.0 Å². The molecule has 3 rings (SSSR count). The zero-order chi connectivity index (χ0) is 17.3. The monoisotopic (exact) mass is 376 g/mol. The van der Waals surface area contributed by atoms with Gasteiger partial charge in [0, 0.05) is 29.4 Å². The molecule has 0 amide bonds. The van der Waals surface area contributed by atoms with Gasteiger partial charge in [0.05, 0.1) is 10.7 Å². The van der Waals surface area contributed by atoms with Gasteiger partial charge in [-0.25, -0.2) is 9.97 Å². The number of hydrogen-bond donors (Lipinski definition) is 2. The van der Waals surface area contributed by atoms with E-state index in [0.29, 0.717) is 10.7 Å². The largest absolute Gasteiger partial charge is 0.433 e. The second-order valence-corrected chi connectivity index (χ2v) is 6.31. The van der Waals surface area contributed by atoms with Crippen LogP contribution in [0.3, 0.4) is 0 Å². The minimum Gasteiger partial charge on any atom is -0.323 e. The third-order valence-corrected chi connectivity index (χ3v) is 4.02. The molecule has 1 aliphatic carbocycles. The first-order valence-electron chi connectivity index (χ1n) is 7.21. The zero-order valence-corrected chi connectivity index (χ0v) is 13.8. The van der Waals surface area contributed by atoms with Crippen LogP contribution in [0.4, 0.5) is 24.8 Å². The summed E-state index contributed by atoms with van der Waals surface area (Å²) in [4.78, 5) is 7.58. The molecule has 1 aliphatic rings. The zero-order valence-electron chi connectivity index (χ0n) is 12.3. The lowest BCUT2D eigenvalue weighted by Crippen LogP contribution is -2.21. The highest BCUT2D eigenvalue weighted by Crippen LogP contribution is 2.33. The molecule has 0 aliphatic heterocycles. The molecule has 0 bridgehead atoms. The number of halogens is 5. The summed E-state index contributed by atoms with van der Waals surface area (Å²) in [6.07, 6.45) is -1.42. The lowest BCUT2D eigenvalue weighted by molar-refractivity contribution is -0.141. The predicted molar refractivity (Wildman–Crippen MR) is 86.6 cm³/mol. The van der Waals surface area contributed by atoms with Gasteiger partial charge in [-0.2, -0.15) is 13.2 Å². The third-order valence-electron chi connectivity index (χ3n) is 3.47. The van der Waals surface area contributed by atoms with E-state index in [1.165, 1.54) is 12.3 Å². The van der Waals surface area contributed by atoms with E-state index in [1.54, 1.807) is 12.1 Å². The molecule has 2 N–H and O–H groups in total. The molecule has 128 valence electrons. The predicted octanol–water partition coefficient (Wildman–Crippen LogP) is 4.80. The van der Waals surface area contributed by atoms with Crippen LogP contribution < -0.4 is 10.6 Å². The average molecular weight is 377 g/mol. The molecule has 9 heteroatoms. The number of benzene rings is 1. The van der Waals surface area contributed by atoms with Crippen LogP contribution in [0.25, 0.3) is 0 Å². The van der Waals surface area contributed by atoms with Gasteiger partial charge in [0.2, 0.25) is 5.95 Å². The Balaban J connectivity index is 1.85. The van der Waals surface area contributed by atoms with Crippen LogP contribution in [-0.2, 0) is 12.7 Å². The van der Waals surface area contributed by atoms with Gasteiger partial charge in [0.1, 0.15) is 0 Å². The van der Waals surface area contributed by atoms with Gasteiger partial charge < -0.3 is 10.6 Å². The first-order chi connectivity index (χ1) is 11.3. The van der Waals surface area contributed by atoms with Crippen LogP contribution >= 0.6 is 23.2 Å². The fourth-order valence-electron chi connectivity index (χ4n) is 2.09. The van der Waals surface area contributed by atoms with Crippen LogP contribution in [0, 0.1) is 0 Å². The molecule has 1 aromatic carbocycles. The van der Waals surface area contributed by atoms with E-state index in [2.05, 4.69) is 20.6 Å². The summed E-state index contributed by atoms with van der Waals surface area (Å²) in [7, 11) is 0. The summed E-state index contributed by atoms with van der Waals surface area (Å²) in [5, 5.41) is 6.40. The van der Waals surface area contributed by atoms with Crippen molar-refractivity contribution in [3.8, 4) is 0 Å². The van der Waals surface area contributed by atoms with Crippen molar-refractivity contribution in [1.82, 2.24) is 15.3 Å². The minimum atomic E-state index is -4.57. The van der Waals surface area contributed by atoms with Crippen molar-refractivity contribution in [2.45, 2.75) is 31.6 Å². The highest BCUT2D eigenvalue weighted by Gasteiger charge is 2.36. The Bertz CT molecular complexity index is 748. The van der Waals surface area contributed by atoms with Gasteiger partial charge in [-0.15, -0.1) is 0 Å². The van der Waals surface area contributed by atoms with Crippen molar-refractivity contribution in [2.75, 3.05) is 5.32 Å². The van der Waals surface area contributed by atoms with Crippen LogP contribution in [0.2, 0.25) is 10.0 Å². The number of anilines is 2. The van der Waals surface area contributed by atoms with Crippen molar-refractivity contribution in [3.05, 3.63) is 45.7 Å². The first kappa shape index (κ1) is 17.3. The second kappa shape index (κ2) is 6.74. The highest BCUT2D eigenvalue weighted by atomic mass is 35.5. The molecule has 1 fully saturated rings. The molecule has 1 saturated carbocycles. The molecule has 0 spiro atoms. The fourth-order valence-corrected chi connectivity index (χ4v) is 2.55. The number of nitrogens with zero attached hydrogens (tertiary/aromatic N) is 2. The maximum Gasteiger partial charge on any atom is 0.433 e. The van der Waals surface area contributed by atoms with Crippen LogP contribution in [0.1, 0.15) is 24.1 Å². The number of hydrogen-bond acceptors (Lipinski definition) is 4. The van der Waals surface area contributed by atoms with Crippen molar-refractivity contribution in [3.63, 3.8) is 0 Å². The topological polar surface area (TPSA) is 49.8 Å². The Morgan fingerprint density at radius 1 is 1.21 bits per heavy atom. The van der Waals surface area contributed by atoms with E-state index >= 15 is 0 Å². The van der Waals surface area contributed by atoms with Crippen LogP contribution in [-0.4, -0.2) is 16.0 Å². The minimum absolute atomic E-state index is 0.0159. The molecule has 0 unspecified atom stereocenters. The summed E-state index contributed by atoms with van der Waals surface area (Å²) in [6, 6.07) is 4.87. The van der Waals surface area contributed by atoms with E-state index in [0.717, 1.165) is 12.8 Å². The molecule has 2 aromatic rings. The SMILES string of the molecule is FC(F)(F)c1nc(Nc2ccc(Cl)cc2Cl)ncc1CNC1CC1. The smallest absolute Gasteiger partial charge is 0.323 e. The molecule has 1 heterocycles. The fraction of sp³-hybridized carbons (Fsp3) is 0.333. The second-order valence-electron chi connectivity index (χ2n) is 5.47. The summed E-state index contributed by atoms with van der Waals surface area (Å²) in [6.45, 7) is 0.0848. The number of aromatic nitrogens is 2. The maximum atomic E-state index is 13.3. The van der Waals surface area contributed by atoms with Crippen LogP contribution in [0.5, 0.6) is 0 Å². The summed E-state index contributed by atoms with van der Waals surface area (Å²) >= 11 is 11.8. The van der Waals surface area contributed by atoms with E-state index in [9.17, 15) is 13.2 Å². The molecular weight excluding hydrogens is 364 g/mol. The van der Waals surface area contributed by atoms with E-state index in [1.807, 2.05) is 0 Å². The number of nitrogens with one attached hydrogen (secondary N) is 2. The Kier molecular flexibility index (Phi) is 4.85. The Morgan fingerprint density at radius 3 is 2.58 bits per heavy atom. The Labute approximate surface area is 146 Å². The quantitative estimate of drug-likeness (QED) is 0.786. The van der Waals surface area contributed by atoms with E-state index in [4.69, 9.17) is 23.2 Å². The molecule has 0 saturated heterocycles. The average Bonchev–Trinajstić information content (AvgIpc) is 3.32. The number of alkyl halides is 3. The standard InChI is InChI=1S/C15H13Cl2F3N4/c16-9-1-4-12(11(17)5-9)23-14-22-7-8(6-21-10-2-3-10)13(24-14)15(18,19)20/h1,4-5,7,10,21H,2-3,6H2,(H,22,23,24). The lowest BCUT2D eigenvalue weighted by Gasteiger charge is -2.14. The Hall–Kier alpha value is -1.57. The van der Waals surface area contributed by atoms with Gasteiger partial charge in [0.15, 0.2) is 5.69 Å². The lowest BCUT2D eigenvalue weighted by atomic mass is 10.2. The third kappa shape index (κ3) is 4.28. The van der Waals surface area contributed by atoms with Gasteiger partial charge >= 0.3 is 6.18 Å². The summed E-state index contributed by atoms with van der Waals surface area (Å²) in [5.41, 5.74) is -0.571. The van der Waals surface area contributed by atoms with Crippen molar-refractivity contribution in [2.24, 2.45) is 0 Å². The summed E-state index contributed by atoms with van der Waals surface area (Å²) in [5.74, 6) is -0.179.